The molecule has 0 heterocycles. The van der Waals surface area contributed by atoms with Gasteiger partial charge in [0.1, 0.15) is 16.4 Å². The Morgan fingerprint density at radius 1 is 1.04 bits per heavy atom. The van der Waals surface area contributed by atoms with Crippen LogP contribution in [0.25, 0.3) is 0 Å². The van der Waals surface area contributed by atoms with Crippen molar-refractivity contribution in [3.8, 4) is 11.5 Å². The normalized spacial score (nSPS) is 11.1. The first-order valence-corrected chi connectivity index (χ1v) is 8.18. The van der Waals surface area contributed by atoms with Gasteiger partial charge in [0.25, 0.3) is 16.0 Å². The number of aliphatic carboxylic acids is 1. The molecule has 0 spiro atoms. The summed E-state index contributed by atoms with van der Waals surface area (Å²) < 4.78 is 31.7. The summed E-state index contributed by atoms with van der Waals surface area (Å²) in [7, 11) is -4.59. The van der Waals surface area contributed by atoms with Crippen LogP contribution in [0.3, 0.4) is 0 Å². The van der Waals surface area contributed by atoms with E-state index in [4.69, 9.17) is 9.66 Å². The number of phenolic OH excluding ortho intramolecular Hbond substituents is 2. The minimum absolute atomic E-state index is 0.0973. The molecule has 9 nitrogen and oxygen atoms in total. The number of carbonyl (C=O) groups is 2. The third-order valence-electron chi connectivity index (χ3n) is 3.20. The average molecular weight is 367 g/mol. The summed E-state index contributed by atoms with van der Waals surface area (Å²) in [5.41, 5.74) is -0.736. The maximum atomic E-state index is 12.2. The van der Waals surface area contributed by atoms with E-state index in [1.165, 1.54) is 18.2 Å². The van der Waals surface area contributed by atoms with Crippen molar-refractivity contribution < 1.29 is 37.9 Å². The lowest BCUT2D eigenvalue weighted by molar-refractivity contribution is -0.136. The first-order valence-electron chi connectivity index (χ1n) is 6.74. The Balaban J connectivity index is 2.37. The second-order valence-electron chi connectivity index (χ2n) is 4.99. The second-order valence-corrected chi connectivity index (χ2v) is 6.38. The SMILES string of the molecule is O=C(O)Cc1cc(O)c(C(=O)Nc2ccccc2S(=O)(=O)O)cc1O. The summed E-state index contributed by atoms with van der Waals surface area (Å²) in [4.78, 5) is 22.3. The van der Waals surface area contributed by atoms with Crippen LogP contribution in [0.5, 0.6) is 11.5 Å². The van der Waals surface area contributed by atoms with Gasteiger partial charge in [-0.05, 0) is 24.3 Å². The number of phenols is 2. The lowest BCUT2D eigenvalue weighted by atomic mass is 10.1. The fourth-order valence-corrected chi connectivity index (χ4v) is 2.74. The van der Waals surface area contributed by atoms with Crippen LogP contribution in [0.4, 0.5) is 5.69 Å². The molecule has 0 radical (unpaired) electrons. The third-order valence-corrected chi connectivity index (χ3v) is 4.11. The Bertz CT molecular complexity index is 952. The molecular weight excluding hydrogens is 354 g/mol. The highest BCUT2D eigenvalue weighted by molar-refractivity contribution is 7.86. The number of benzene rings is 2. The molecule has 132 valence electrons. The number of hydrogen-bond donors (Lipinski definition) is 5. The molecule has 2 aromatic rings. The fourth-order valence-electron chi connectivity index (χ4n) is 2.09. The van der Waals surface area contributed by atoms with Crippen LogP contribution >= 0.6 is 0 Å². The lowest BCUT2D eigenvalue weighted by Gasteiger charge is -2.11. The molecule has 5 N–H and O–H groups in total. The highest BCUT2D eigenvalue weighted by Crippen LogP contribution is 2.29. The van der Waals surface area contributed by atoms with Gasteiger partial charge in [-0.2, -0.15) is 8.42 Å². The smallest absolute Gasteiger partial charge is 0.307 e. The summed E-state index contributed by atoms with van der Waals surface area (Å²) in [6.07, 6.45) is -0.563. The number of aromatic hydroxyl groups is 2. The standard InChI is InChI=1S/C15H13NO8S/c17-11-7-9(12(18)5-8(11)6-14(19)20)15(21)16-10-3-1-2-4-13(10)25(22,23)24/h1-5,7,17-18H,6H2,(H,16,21)(H,19,20)(H,22,23,24). The number of carboxylic acid groups (broad SMARTS) is 1. The van der Waals surface area contributed by atoms with Crippen molar-refractivity contribution in [2.24, 2.45) is 0 Å². The molecule has 0 aliphatic rings. The molecule has 0 aliphatic carbocycles. The molecule has 2 rings (SSSR count). The molecule has 10 heteroatoms. The van der Waals surface area contributed by atoms with Crippen molar-refractivity contribution in [3.63, 3.8) is 0 Å². The van der Waals surface area contributed by atoms with Crippen molar-refractivity contribution in [1.29, 1.82) is 0 Å². The summed E-state index contributed by atoms with van der Waals surface area (Å²) in [5, 5.41) is 30.6. The highest BCUT2D eigenvalue weighted by atomic mass is 32.2. The van der Waals surface area contributed by atoms with Crippen LogP contribution < -0.4 is 5.32 Å². The summed E-state index contributed by atoms with van der Waals surface area (Å²) in [6, 6.07) is 6.82. The monoisotopic (exact) mass is 367 g/mol. The molecule has 1 amide bonds. The minimum Gasteiger partial charge on any atom is -0.508 e. The van der Waals surface area contributed by atoms with Crippen LogP contribution in [0, 0.1) is 0 Å². The number of carboxylic acids is 1. The van der Waals surface area contributed by atoms with E-state index in [-0.39, 0.29) is 11.3 Å². The van der Waals surface area contributed by atoms with Gasteiger partial charge >= 0.3 is 5.97 Å². The summed E-state index contributed by atoms with van der Waals surface area (Å²) >= 11 is 0. The Hall–Kier alpha value is -3.11. The number of carbonyl (C=O) groups excluding carboxylic acids is 1. The van der Waals surface area contributed by atoms with Crippen LogP contribution in [0.1, 0.15) is 15.9 Å². The molecule has 0 unspecified atom stereocenters. The van der Waals surface area contributed by atoms with Crippen LogP contribution in [-0.4, -0.2) is 40.2 Å². The fraction of sp³-hybridized carbons (Fsp3) is 0.0667. The summed E-state index contributed by atoms with van der Waals surface area (Å²) in [5.74, 6) is -3.33. The van der Waals surface area contributed by atoms with E-state index in [1.807, 2.05) is 0 Å². The number of para-hydroxylation sites is 1. The summed E-state index contributed by atoms with van der Waals surface area (Å²) in [6.45, 7) is 0. The molecule has 0 aromatic heterocycles. The van der Waals surface area contributed by atoms with Gasteiger partial charge in [-0.1, -0.05) is 12.1 Å². The van der Waals surface area contributed by atoms with E-state index in [0.717, 1.165) is 18.2 Å². The van der Waals surface area contributed by atoms with Crippen molar-refractivity contribution in [2.75, 3.05) is 5.32 Å². The van der Waals surface area contributed by atoms with Crippen molar-refractivity contribution in [1.82, 2.24) is 0 Å². The topological polar surface area (TPSA) is 161 Å². The molecule has 0 saturated heterocycles. The van der Waals surface area contributed by atoms with Crippen molar-refractivity contribution in [3.05, 3.63) is 47.5 Å². The quantitative estimate of drug-likeness (QED) is 0.389. The number of amides is 1. The van der Waals surface area contributed by atoms with E-state index in [2.05, 4.69) is 5.32 Å². The molecule has 0 saturated carbocycles. The highest BCUT2D eigenvalue weighted by Gasteiger charge is 2.20. The zero-order valence-electron chi connectivity index (χ0n) is 12.5. The molecule has 0 bridgehead atoms. The van der Waals surface area contributed by atoms with Gasteiger partial charge in [0.05, 0.1) is 17.7 Å². The Kier molecular flexibility index (Phi) is 4.95. The van der Waals surface area contributed by atoms with E-state index in [9.17, 15) is 28.2 Å². The van der Waals surface area contributed by atoms with Crippen molar-refractivity contribution >= 4 is 27.7 Å². The Labute approximate surface area is 141 Å². The maximum Gasteiger partial charge on any atom is 0.307 e. The largest absolute Gasteiger partial charge is 0.508 e. The zero-order valence-corrected chi connectivity index (χ0v) is 13.3. The first kappa shape index (κ1) is 18.2. The van der Waals surface area contributed by atoms with Crippen LogP contribution in [0.2, 0.25) is 0 Å². The van der Waals surface area contributed by atoms with Crippen LogP contribution in [-0.2, 0) is 21.3 Å². The van der Waals surface area contributed by atoms with Gasteiger partial charge in [-0.3, -0.25) is 14.1 Å². The number of hydrogen-bond acceptors (Lipinski definition) is 6. The van der Waals surface area contributed by atoms with Gasteiger partial charge < -0.3 is 20.6 Å². The molecule has 0 atom stereocenters. The molecule has 25 heavy (non-hydrogen) atoms. The minimum atomic E-state index is -4.59. The zero-order chi connectivity index (χ0) is 18.8. The predicted octanol–water partition coefficient (Wildman–Crippen LogP) is 1.22. The van der Waals surface area contributed by atoms with Crippen LogP contribution in [0.15, 0.2) is 41.3 Å². The lowest BCUT2D eigenvalue weighted by Crippen LogP contribution is -2.15. The molecule has 0 fully saturated rings. The molecule has 0 aliphatic heterocycles. The van der Waals surface area contributed by atoms with Gasteiger partial charge in [0.2, 0.25) is 0 Å². The van der Waals surface area contributed by atoms with Gasteiger partial charge in [0, 0.05) is 5.56 Å². The van der Waals surface area contributed by atoms with Gasteiger partial charge in [0.15, 0.2) is 0 Å². The Morgan fingerprint density at radius 2 is 1.68 bits per heavy atom. The number of rotatable bonds is 5. The molecular formula is C15H13NO8S. The Morgan fingerprint density at radius 3 is 2.28 bits per heavy atom. The first-order chi connectivity index (χ1) is 11.6. The van der Waals surface area contributed by atoms with E-state index < -0.39 is 50.4 Å². The van der Waals surface area contributed by atoms with Gasteiger partial charge in [-0.25, -0.2) is 0 Å². The van der Waals surface area contributed by atoms with E-state index in [0.29, 0.717) is 0 Å². The average Bonchev–Trinajstić information content (AvgIpc) is 2.49. The second kappa shape index (κ2) is 6.79. The van der Waals surface area contributed by atoms with Crippen molar-refractivity contribution in [2.45, 2.75) is 11.3 Å². The van der Waals surface area contributed by atoms with E-state index in [1.54, 1.807) is 0 Å². The maximum absolute atomic E-state index is 12.2. The molecule has 2 aromatic carbocycles. The van der Waals surface area contributed by atoms with E-state index >= 15 is 0 Å². The number of nitrogens with one attached hydrogen (secondary N) is 1. The number of anilines is 1. The van der Waals surface area contributed by atoms with Gasteiger partial charge in [-0.15, -0.1) is 0 Å². The third kappa shape index (κ3) is 4.25. The predicted molar refractivity (Wildman–Crippen MR) is 85.3 cm³/mol.